The van der Waals surface area contributed by atoms with Crippen LogP contribution < -0.4 is 10.9 Å². The summed E-state index contributed by atoms with van der Waals surface area (Å²) in [7, 11) is 0. The standard InChI is InChI=1S/C16H23N3OS/c1-6-10(2)17-15-18-12(9-21-15)11-7-8-13(16(3,4)5)19-14(11)20/h7-10H,6H2,1-5H3,(H,17,18)(H,19,20). The number of nitrogens with zero attached hydrogens (tertiary/aromatic N) is 1. The van der Waals surface area contributed by atoms with Crippen LogP contribution >= 0.6 is 11.3 Å². The third-order valence-electron chi connectivity index (χ3n) is 3.48. The second-order valence-corrected chi connectivity index (χ2v) is 7.21. The fraction of sp³-hybridized carbons (Fsp3) is 0.500. The van der Waals surface area contributed by atoms with Gasteiger partial charge < -0.3 is 10.3 Å². The molecule has 0 fully saturated rings. The van der Waals surface area contributed by atoms with Crippen molar-refractivity contribution >= 4 is 16.5 Å². The molecule has 2 aromatic rings. The van der Waals surface area contributed by atoms with Gasteiger partial charge in [-0.05, 0) is 25.5 Å². The van der Waals surface area contributed by atoms with E-state index in [0.29, 0.717) is 11.6 Å². The lowest BCUT2D eigenvalue weighted by Crippen LogP contribution is -2.20. The van der Waals surface area contributed by atoms with Crippen LogP contribution in [-0.4, -0.2) is 16.0 Å². The molecule has 0 amide bonds. The first-order valence-electron chi connectivity index (χ1n) is 7.27. The van der Waals surface area contributed by atoms with Crippen LogP contribution in [0.25, 0.3) is 11.3 Å². The van der Waals surface area contributed by atoms with Crippen LogP contribution in [0.3, 0.4) is 0 Å². The van der Waals surface area contributed by atoms with E-state index in [9.17, 15) is 4.79 Å². The summed E-state index contributed by atoms with van der Waals surface area (Å²) in [6.07, 6.45) is 1.04. The molecule has 2 aromatic heterocycles. The first kappa shape index (κ1) is 15.8. The Bertz CT molecular complexity index is 667. The van der Waals surface area contributed by atoms with Gasteiger partial charge in [0.25, 0.3) is 5.56 Å². The minimum atomic E-state index is -0.0807. The minimum Gasteiger partial charge on any atom is -0.359 e. The summed E-state index contributed by atoms with van der Waals surface area (Å²) in [5.74, 6) is 0. The Morgan fingerprint density at radius 2 is 2.10 bits per heavy atom. The highest BCUT2D eigenvalue weighted by atomic mass is 32.1. The molecule has 2 N–H and O–H groups in total. The summed E-state index contributed by atoms with van der Waals surface area (Å²) in [6, 6.07) is 4.21. The van der Waals surface area contributed by atoms with Crippen molar-refractivity contribution in [3.8, 4) is 11.3 Å². The van der Waals surface area contributed by atoms with Crippen molar-refractivity contribution in [2.75, 3.05) is 5.32 Å². The summed E-state index contributed by atoms with van der Waals surface area (Å²) < 4.78 is 0. The summed E-state index contributed by atoms with van der Waals surface area (Å²) in [5.41, 5.74) is 2.14. The highest BCUT2D eigenvalue weighted by Gasteiger charge is 2.16. The molecule has 0 radical (unpaired) electrons. The van der Waals surface area contributed by atoms with E-state index >= 15 is 0 Å². The number of H-pyrrole nitrogens is 1. The molecule has 114 valence electrons. The number of aromatic amines is 1. The molecule has 4 nitrogen and oxygen atoms in total. The number of hydrogen-bond acceptors (Lipinski definition) is 4. The molecule has 2 rings (SSSR count). The van der Waals surface area contributed by atoms with Gasteiger partial charge in [-0.1, -0.05) is 27.7 Å². The summed E-state index contributed by atoms with van der Waals surface area (Å²) in [5, 5.41) is 6.11. The molecule has 0 bridgehead atoms. The van der Waals surface area contributed by atoms with Crippen molar-refractivity contribution in [3.05, 3.63) is 33.6 Å². The minimum absolute atomic E-state index is 0.0664. The predicted molar refractivity (Wildman–Crippen MR) is 90.2 cm³/mol. The second kappa shape index (κ2) is 6.02. The van der Waals surface area contributed by atoms with Gasteiger partial charge in [0.1, 0.15) is 0 Å². The molecular formula is C16H23N3OS. The van der Waals surface area contributed by atoms with Crippen molar-refractivity contribution in [2.24, 2.45) is 0 Å². The van der Waals surface area contributed by atoms with Crippen LogP contribution in [0.15, 0.2) is 22.3 Å². The molecule has 5 heteroatoms. The molecule has 0 aromatic carbocycles. The Labute approximate surface area is 129 Å². The molecule has 0 saturated carbocycles. The zero-order valence-corrected chi connectivity index (χ0v) is 14.1. The zero-order valence-electron chi connectivity index (χ0n) is 13.3. The van der Waals surface area contributed by atoms with E-state index in [1.165, 1.54) is 11.3 Å². The Balaban J connectivity index is 2.29. The van der Waals surface area contributed by atoms with Crippen molar-refractivity contribution in [1.29, 1.82) is 0 Å². The first-order chi connectivity index (χ1) is 9.81. The van der Waals surface area contributed by atoms with Gasteiger partial charge in [0.05, 0.1) is 11.3 Å². The molecule has 0 spiro atoms. The van der Waals surface area contributed by atoms with E-state index < -0.39 is 0 Å². The lowest BCUT2D eigenvalue weighted by Gasteiger charge is -2.18. The van der Waals surface area contributed by atoms with Gasteiger partial charge in [0, 0.05) is 22.5 Å². The fourth-order valence-electron chi connectivity index (χ4n) is 1.89. The zero-order chi connectivity index (χ0) is 15.6. The Kier molecular flexibility index (Phi) is 4.52. The van der Waals surface area contributed by atoms with E-state index in [1.807, 2.05) is 17.5 Å². The van der Waals surface area contributed by atoms with Crippen molar-refractivity contribution in [3.63, 3.8) is 0 Å². The smallest absolute Gasteiger partial charge is 0.257 e. The van der Waals surface area contributed by atoms with Crippen LogP contribution in [0.1, 0.15) is 46.7 Å². The van der Waals surface area contributed by atoms with Crippen LogP contribution in [0.2, 0.25) is 0 Å². The molecule has 2 heterocycles. The summed E-state index contributed by atoms with van der Waals surface area (Å²) >= 11 is 1.53. The normalized spacial score (nSPS) is 13.2. The number of thiazole rings is 1. The van der Waals surface area contributed by atoms with Crippen LogP contribution in [0.4, 0.5) is 5.13 Å². The molecule has 0 aliphatic rings. The van der Waals surface area contributed by atoms with Gasteiger partial charge in [0.15, 0.2) is 5.13 Å². The van der Waals surface area contributed by atoms with E-state index in [2.05, 4.69) is 49.9 Å². The van der Waals surface area contributed by atoms with Gasteiger partial charge in [-0.25, -0.2) is 4.98 Å². The van der Waals surface area contributed by atoms with Crippen molar-refractivity contribution < 1.29 is 0 Å². The largest absolute Gasteiger partial charge is 0.359 e. The Hall–Kier alpha value is -1.62. The van der Waals surface area contributed by atoms with Gasteiger partial charge in [-0.2, -0.15) is 0 Å². The van der Waals surface area contributed by atoms with Crippen molar-refractivity contribution in [2.45, 2.75) is 52.5 Å². The quantitative estimate of drug-likeness (QED) is 0.897. The number of aromatic nitrogens is 2. The number of pyridine rings is 1. The van der Waals surface area contributed by atoms with Crippen LogP contribution in [-0.2, 0) is 5.41 Å². The number of anilines is 1. The SMILES string of the molecule is CCC(C)Nc1nc(-c2ccc(C(C)(C)C)[nH]c2=O)cs1. The highest BCUT2D eigenvalue weighted by Crippen LogP contribution is 2.25. The molecule has 0 aliphatic heterocycles. The maximum absolute atomic E-state index is 12.3. The molecule has 21 heavy (non-hydrogen) atoms. The lowest BCUT2D eigenvalue weighted by atomic mass is 9.91. The second-order valence-electron chi connectivity index (χ2n) is 6.36. The maximum Gasteiger partial charge on any atom is 0.257 e. The number of hydrogen-bond donors (Lipinski definition) is 2. The van der Waals surface area contributed by atoms with E-state index in [1.54, 1.807) is 0 Å². The highest BCUT2D eigenvalue weighted by molar-refractivity contribution is 7.14. The fourth-order valence-corrected chi connectivity index (χ4v) is 2.71. The lowest BCUT2D eigenvalue weighted by molar-refractivity contribution is 0.567. The van der Waals surface area contributed by atoms with Gasteiger partial charge in [-0.3, -0.25) is 4.79 Å². The predicted octanol–water partition coefficient (Wildman–Crippen LogP) is 4.01. The van der Waals surface area contributed by atoms with Crippen molar-refractivity contribution in [1.82, 2.24) is 9.97 Å². The number of rotatable bonds is 4. The Morgan fingerprint density at radius 1 is 1.38 bits per heavy atom. The van der Waals surface area contributed by atoms with Crippen LogP contribution in [0, 0.1) is 0 Å². The molecule has 1 atom stereocenters. The molecule has 0 saturated heterocycles. The van der Waals surface area contributed by atoms with E-state index in [0.717, 1.165) is 22.9 Å². The summed E-state index contributed by atoms with van der Waals surface area (Å²) in [6.45, 7) is 10.5. The third-order valence-corrected chi connectivity index (χ3v) is 4.25. The average molecular weight is 305 g/mol. The third kappa shape index (κ3) is 3.73. The van der Waals surface area contributed by atoms with Gasteiger partial charge in [-0.15, -0.1) is 11.3 Å². The Morgan fingerprint density at radius 3 is 2.67 bits per heavy atom. The monoisotopic (exact) mass is 305 g/mol. The van der Waals surface area contributed by atoms with Gasteiger partial charge >= 0.3 is 0 Å². The molecule has 1 unspecified atom stereocenters. The van der Waals surface area contributed by atoms with Crippen LogP contribution in [0.5, 0.6) is 0 Å². The average Bonchev–Trinajstić information content (AvgIpc) is 2.85. The summed E-state index contributed by atoms with van der Waals surface area (Å²) in [4.78, 5) is 19.7. The topological polar surface area (TPSA) is 57.8 Å². The van der Waals surface area contributed by atoms with E-state index in [4.69, 9.17) is 0 Å². The first-order valence-corrected chi connectivity index (χ1v) is 8.15. The number of nitrogens with one attached hydrogen (secondary N) is 2. The molecule has 0 aliphatic carbocycles. The molecular weight excluding hydrogens is 282 g/mol. The van der Waals surface area contributed by atoms with E-state index in [-0.39, 0.29) is 11.0 Å². The maximum atomic E-state index is 12.3. The van der Waals surface area contributed by atoms with Gasteiger partial charge in [0.2, 0.25) is 0 Å².